The fourth-order valence-corrected chi connectivity index (χ4v) is 4.48. The molecule has 1 unspecified atom stereocenters. The Hall–Kier alpha value is -2.69. The monoisotopic (exact) mass is 464 g/mol. The lowest BCUT2D eigenvalue weighted by Crippen LogP contribution is -2.28. The number of hydrogen-bond donors (Lipinski definition) is 0. The largest absolute Gasteiger partial charge is 0.302 e. The highest BCUT2D eigenvalue weighted by Crippen LogP contribution is 2.34. The number of rotatable bonds is 5. The zero-order valence-corrected chi connectivity index (χ0v) is 17.8. The van der Waals surface area contributed by atoms with Crippen molar-refractivity contribution in [1.82, 2.24) is 9.55 Å². The van der Waals surface area contributed by atoms with E-state index in [2.05, 4.69) is 20.9 Å². The summed E-state index contributed by atoms with van der Waals surface area (Å²) < 4.78 is 1.72. The number of halogens is 2. The average Bonchev–Trinajstić information content (AvgIpc) is 2.77. The number of aromatic nitrogens is 2. The fraction of sp³-hybridized carbons (Fsp3) is 0.0833. The molecule has 0 fully saturated rings. The third-order valence-corrected chi connectivity index (χ3v) is 5.96. The van der Waals surface area contributed by atoms with Gasteiger partial charge in [0.2, 0.25) is 0 Å². The molecule has 5 heteroatoms. The molecular weight excluding hydrogens is 448 g/mol. The molecule has 0 aliphatic carbocycles. The number of alkyl halides is 1. The molecule has 29 heavy (non-hydrogen) atoms. The van der Waals surface area contributed by atoms with Crippen LogP contribution in [0.1, 0.15) is 21.6 Å². The third-order valence-electron chi connectivity index (χ3n) is 4.72. The van der Waals surface area contributed by atoms with Gasteiger partial charge in [0.05, 0.1) is 17.1 Å². The second-order valence-corrected chi connectivity index (χ2v) is 7.93. The van der Waals surface area contributed by atoms with Crippen molar-refractivity contribution in [2.24, 2.45) is 0 Å². The Bertz CT molecular complexity index is 1160. The van der Waals surface area contributed by atoms with E-state index in [4.69, 9.17) is 11.6 Å². The summed E-state index contributed by atoms with van der Waals surface area (Å²) in [4.78, 5) is 17.7. The summed E-state index contributed by atoms with van der Waals surface area (Å²) in [5.41, 5.74) is 3.60. The first-order chi connectivity index (χ1) is 14.1. The molecule has 4 rings (SSSR count). The van der Waals surface area contributed by atoms with Crippen molar-refractivity contribution in [3.63, 3.8) is 0 Å². The van der Waals surface area contributed by atoms with Crippen LogP contribution in [0.25, 0.3) is 11.3 Å². The summed E-state index contributed by atoms with van der Waals surface area (Å²) in [5, 5.41) is 0.310. The molecule has 0 amide bonds. The predicted octanol–water partition coefficient (Wildman–Crippen LogP) is 6.10. The van der Waals surface area contributed by atoms with Crippen molar-refractivity contribution in [2.45, 2.75) is 11.4 Å². The molecule has 0 radical (unpaired) electrons. The van der Waals surface area contributed by atoms with Gasteiger partial charge in [0.25, 0.3) is 5.56 Å². The molecule has 1 heterocycles. The van der Waals surface area contributed by atoms with Gasteiger partial charge >= 0.3 is 0 Å². The molecule has 144 valence electrons. The van der Waals surface area contributed by atoms with Gasteiger partial charge in [-0.15, -0.1) is 0 Å². The summed E-state index contributed by atoms with van der Waals surface area (Å²) in [6.07, 6.45) is 0. The van der Waals surface area contributed by atoms with E-state index in [1.54, 1.807) is 4.57 Å². The highest BCUT2D eigenvalue weighted by atomic mass is 79.9. The van der Waals surface area contributed by atoms with Gasteiger partial charge < -0.3 is 4.57 Å². The van der Waals surface area contributed by atoms with Crippen molar-refractivity contribution in [3.8, 4) is 11.3 Å². The second kappa shape index (κ2) is 8.76. The first kappa shape index (κ1) is 19.6. The van der Waals surface area contributed by atoms with Crippen molar-refractivity contribution in [2.75, 3.05) is 0 Å². The molecule has 3 nitrogen and oxygen atoms in total. The standard InChI is InChI=1S/C24H18BrClN2O/c25-20(18-12-6-2-7-13-18)22-23(26)27-21(19-14-8-3-9-15-19)24(29)28(22)16-17-10-4-1-5-11-17/h1-15,20H,16H2. The van der Waals surface area contributed by atoms with Crippen LogP contribution in [0.15, 0.2) is 95.8 Å². The van der Waals surface area contributed by atoms with Gasteiger partial charge in [-0.1, -0.05) is 119 Å². The highest BCUT2D eigenvalue weighted by molar-refractivity contribution is 9.09. The van der Waals surface area contributed by atoms with Gasteiger partial charge in [0.1, 0.15) is 5.69 Å². The number of hydrogen-bond acceptors (Lipinski definition) is 2. The van der Waals surface area contributed by atoms with Gasteiger partial charge in [-0.2, -0.15) is 0 Å². The molecule has 1 atom stereocenters. The lowest BCUT2D eigenvalue weighted by Gasteiger charge is -2.20. The Labute approximate surface area is 182 Å². The minimum atomic E-state index is -0.259. The highest BCUT2D eigenvalue weighted by Gasteiger charge is 2.23. The molecule has 0 bridgehead atoms. The van der Waals surface area contributed by atoms with Gasteiger partial charge in [-0.25, -0.2) is 4.98 Å². The molecule has 1 aromatic heterocycles. The Morgan fingerprint density at radius 1 is 0.862 bits per heavy atom. The third kappa shape index (κ3) is 4.19. The topological polar surface area (TPSA) is 34.9 Å². The molecule has 0 aliphatic heterocycles. The average molecular weight is 466 g/mol. The molecule has 3 aromatic carbocycles. The summed E-state index contributed by atoms with van der Waals surface area (Å²) in [7, 11) is 0. The zero-order valence-electron chi connectivity index (χ0n) is 15.5. The van der Waals surface area contributed by atoms with Crippen molar-refractivity contribution >= 4 is 27.5 Å². The lowest BCUT2D eigenvalue weighted by molar-refractivity contribution is 0.703. The second-order valence-electron chi connectivity index (χ2n) is 6.65. The maximum absolute atomic E-state index is 13.5. The summed E-state index contributed by atoms with van der Waals surface area (Å²) >= 11 is 10.4. The fourth-order valence-electron chi connectivity index (χ4n) is 3.28. The quantitative estimate of drug-likeness (QED) is 0.334. The first-order valence-electron chi connectivity index (χ1n) is 9.23. The number of nitrogens with zero attached hydrogens (tertiary/aromatic N) is 2. The molecule has 4 aromatic rings. The van der Waals surface area contributed by atoms with Crippen molar-refractivity contribution in [3.05, 3.63) is 123 Å². The SMILES string of the molecule is O=c1c(-c2ccccc2)nc(Cl)c(C(Br)c2ccccc2)n1Cc1ccccc1. The van der Waals surface area contributed by atoms with Crippen LogP contribution in [0.5, 0.6) is 0 Å². The van der Waals surface area contributed by atoms with E-state index < -0.39 is 0 Å². The van der Waals surface area contributed by atoms with E-state index >= 15 is 0 Å². The Balaban J connectivity index is 1.92. The van der Waals surface area contributed by atoms with Crippen LogP contribution in [0, 0.1) is 0 Å². The van der Waals surface area contributed by atoms with Crippen LogP contribution in [0.2, 0.25) is 5.15 Å². The van der Waals surface area contributed by atoms with E-state index in [1.807, 2.05) is 91.0 Å². The van der Waals surface area contributed by atoms with E-state index in [1.165, 1.54) is 0 Å². The molecule has 0 saturated carbocycles. The van der Waals surface area contributed by atoms with Crippen molar-refractivity contribution in [1.29, 1.82) is 0 Å². The lowest BCUT2D eigenvalue weighted by atomic mass is 10.1. The van der Waals surface area contributed by atoms with Crippen LogP contribution >= 0.6 is 27.5 Å². The zero-order chi connectivity index (χ0) is 20.2. The minimum Gasteiger partial charge on any atom is -0.302 e. The Kier molecular flexibility index (Phi) is 5.93. The van der Waals surface area contributed by atoms with Crippen molar-refractivity contribution < 1.29 is 0 Å². The maximum atomic E-state index is 13.5. The van der Waals surface area contributed by atoms with Crippen LogP contribution < -0.4 is 5.56 Å². The normalized spacial score (nSPS) is 11.9. The van der Waals surface area contributed by atoms with Gasteiger partial charge in [-0.3, -0.25) is 4.79 Å². The van der Waals surface area contributed by atoms with Gasteiger partial charge in [0, 0.05) is 5.56 Å². The Morgan fingerprint density at radius 3 is 2.03 bits per heavy atom. The minimum absolute atomic E-state index is 0.167. The van der Waals surface area contributed by atoms with Crippen LogP contribution in [-0.2, 0) is 6.54 Å². The van der Waals surface area contributed by atoms with Crippen LogP contribution in [0.4, 0.5) is 0 Å². The van der Waals surface area contributed by atoms with Crippen LogP contribution in [0.3, 0.4) is 0 Å². The molecule has 0 aliphatic rings. The molecular formula is C24H18BrClN2O. The molecule has 0 saturated heterocycles. The van der Waals surface area contributed by atoms with E-state index in [0.29, 0.717) is 23.1 Å². The van der Waals surface area contributed by atoms with Crippen LogP contribution in [-0.4, -0.2) is 9.55 Å². The maximum Gasteiger partial charge on any atom is 0.277 e. The summed E-state index contributed by atoms with van der Waals surface area (Å²) in [6, 6.07) is 29.2. The first-order valence-corrected chi connectivity index (χ1v) is 10.5. The van der Waals surface area contributed by atoms with E-state index in [0.717, 1.165) is 16.7 Å². The van der Waals surface area contributed by atoms with Gasteiger partial charge in [0.15, 0.2) is 5.15 Å². The number of benzene rings is 3. The summed E-state index contributed by atoms with van der Waals surface area (Å²) in [6.45, 7) is 0.409. The Morgan fingerprint density at radius 2 is 1.41 bits per heavy atom. The summed E-state index contributed by atoms with van der Waals surface area (Å²) in [5.74, 6) is 0. The van der Waals surface area contributed by atoms with Gasteiger partial charge in [-0.05, 0) is 11.1 Å². The van der Waals surface area contributed by atoms with E-state index in [-0.39, 0.29) is 10.4 Å². The molecule has 0 N–H and O–H groups in total. The smallest absolute Gasteiger partial charge is 0.277 e. The predicted molar refractivity (Wildman–Crippen MR) is 122 cm³/mol. The molecule has 0 spiro atoms. The van der Waals surface area contributed by atoms with E-state index in [9.17, 15) is 4.79 Å².